The first kappa shape index (κ1) is 13.7. The van der Waals surface area contributed by atoms with Crippen molar-refractivity contribution in [2.45, 2.75) is 25.8 Å². The minimum Gasteiger partial charge on any atom is -0.382 e. The summed E-state index contributed by atoms with van der Waals surface area (Å²) in [5.74, 6) is 1.28. The summed E-state index contributed by atoms with van der Waals surface area (Å²) in [6, 6.07) is 5.70. The molecule has 0 amide bonds. The highest BCUT2D eigenvalue weighted by molar-refractivity contribution is 6.31. The summed E-state index contributed by atoms with van der Waals surface area (Å²) < 4.78 is 7.47. The Labute approximate surface area is 117 Å². The topological polar surface area (TPSA) is 27.1 Å². The lowest BCUT2D eigenvalue weighted by atomic mass is 10.3. The summed E-state index contributed by atoms with van der Waals surface area (Å²) in [5, 5.41) is 0.717. The Balaban J connectivity index is 2.25. The smallest absolute Gasteiger partial charge is 0.124 e. The van der Waals surface area contributed by atoms with E-state index >= 15 is 0 Å². The molecule has 0 N–H and O–H groups in total. The molecule has 0 spiro atoms. The Kier molecular flexibility index (Phi) is 4.87. The molecule has 2 aromatic rings. The zero-order valence-electron chi connectivity index (χ0n) is 10.3. The van der Waals surface area contributed by atoms with Gasteiger partial charge >= 0.3 is 0 Å². The third-order valence-corrected chi connectivity index (χ3v) is 3.26. The number of imidazole rings is 1. The van der Waals surface area contributed by atoms with Crippen molar-refractivity contribution in [3.05, 3.63) is 29.0 Å². The fraction of sp³-hybridized carbons (Fsp3) is 0.462. The van der Waals surface area contributed by atoms with Gasteiger partial charge in [0.1, 0.15) is 5.82 Å². The highest BCUT2D eigenvalue weighted by atomic mass is 35.5. The fourth-order valence-electron chi connectivity index (χ4n) is 1.97. The first-order chi connectivity index (χ1) is 8.76. The van der Waals surface area contributed by atoms with Gasteiger partial charge < -0.3 is 9.30 Å². The molecule has 0 radical (unpaired) electrons. The molecule has 98 valence electrons. The van der Waals surface area contributed by atoms with Gasteiger partial charge in [-0.3, -0.25) is 0 Å². The van der Waals surface area contributed by atoms with E-state index in [0.29, 0.717) is 5.88 Å². The normalized spacial score (nSPS) is 11.3. The number of aromatic nitrogens is 2. The van der Waals surface area contributed by atoms with Crippen molar-refractivity contribution in [1.82, 2.24) is 9.55 Å². The molecule has 0 aliphatic rings. The van der Waals surface area contributed by atoms with Crippen LogP contribution in [0.2, 0.25) is 5.02 Å². The van der Waals surface area contributed by atoms with Gasteiger partial charge in [-0.25, -0.2) is 4.98 Å². The molecule has 0 fully saturated rings. The van der Waals surface area contributed by atoms with Gasteiger partial charge in [-0.2, -0.15) is 0 Å². The van der Waals surface area contributed by atoms with Crippen molar-refractivity contribution in [2.24, 2.45) is 0 Å². The van der Waals surface area contributed by atoms with E-state index in [-0.39, 0.29) is 0 Å². The predicted molar refractivity (Wildman–Crippen MR) is 75.4 cm³/mol. The van der Waals surface area contributed by atoms with E-state index in [1.54, 1.807) is 0 Å². The summed E-state index contributed by atoms with van der Waals surface area (Å²) in [7, 11) is 0. The summed E-state index contributed by atoms with van der Waals surface area (Å²) in [4.78, 5) is 4.50. The molecule has 5 heteroatoms. The van der Waals surface area contributed by atoms with Crippen LogP contribution in [0.3, 0.4) is 0 Å². The van der Waals surface area contributed by atoms with Crippen LogP contribution in [-0.2, 0) is 17.2 Å². The van der Waals surface area contributed by atoms with Gasteiger partial charge in [0.05, 0.1) is 16.9 Å². The summed E-state index contributed by atoms with van der Waals surface area (Å²) in [6.07, 6.45) is 0.940. The van der Waals surface area contributed by atoms with Crippen LogP contribution >= 0.6 is 23.2 Å². The van der Waals surface area contributed by atoms with Crippen molar-refractivity contribution in [3.63, 3.8) is 0 Å². The van der Waals surface area contributed by atoms with Crippen LogP contribution in [0.15, 0.2) is 18.2 Å². The lowest BCUT2D eigenvalue weighted by molar-refractivity contribution is 0.142. The third kappa shape index (κ3) is 2.97. The fourth-order valence-corrected chi connectivity index (χ4v) is 2.34. The number of fused-ring (bicyclic) bond motifs is 1. The lowest BCUT2D eigenvalue weighted by Gasteiger charge is -2.07. The van der Waals surface area contributed by atoms with Gasteiger partial charge in [-0.1, -0.05) is 11.6 Å². The number of halogens is 2. The molecule has 0 aliphatic carbocycles. The second-order valence-corrected chi connectivity index (χ2v) is 4.70. The SMILES string of the molecule is CCOCCCn1c(CCl)nc2ccc(Cl)cc21. The lowest BCUT2D eigenvalue weighted by Crippen LogP contribution is -2.05. The standard InChI is InChI=1S/C13H16Cl2N2O/c1-2-18-7-3-6-17-12-8-10(15)4-5-11(12)16-13(17)9-14/h4-5,8H,2-3,6-7,9H2,1H3. The molecule has 18 heavy (non-hydrogen) atoms. The van der Waals surface area contributed by atoms with Crippen LogP contribution in [0, 0.1) is 0 Å². The molecule has 0 aliphatic heterocycles. The summed E-state index contributed by atoms with van der Waals surface area (Å²) >= 11 is 12.0. The first-order valence-electron chi connectivity index (χ1n) is 6.04. The van der Waals surface area contributed by atoms with Crippen LogP contribution in [0.1, 0.15) is 19.2 Å². The van der Waals surface area contributed by atoms with E-state index in [4.69, 9.17) is 27.9 Å². The Morgan fingerprint density at radius 3 is 2.94 bits per heavy atom. The largest absolute Gasteiger partial charge is 0.382 e. The molecule has 1 heterocycles. The molecule has 2 rings (SSSR count). The molecule has 0 atom stereocenters. The van der Waals surface area contributed by atoms with E-state index in [1.807, 2.05) is 25.1 Å². The summed E-state index contributed by atoms with van der Waals surface area (Å²) in [5.41, 5.74) is 1.97. The quantitative estimate of drug-likeness (QED) is 0.596. The second-order valence-electron chi connectivity index (χ2n) is 4.00. The van der Waals surface area contributed by atoms with Crippen molar-refractivity contribution >= 4 is 34.2 Å². The minimum atomic E-state index is 0.404. The molecule has 0 bridgehead atoms. The van der Waals surface area contributed by atoms with Crippen molar-refractivity contribution in [2.75, 3.05) is 13.2 Å². The van der Waals surface area contributed by atoms with Crippen LogP contribution in [0.5, 0.6) is 0 Å². The van der Waals surface area contributed by atoms with Crippen molar-refractivity contribution in [3.8, 4) is 0 Å². The maximum atomic E-state index is 6.03. The van der Waals surface area contributed by atoms with E-state index in [9.17, 15) is 0 Å². The van der Waals surface area contributed by atoms with E-state index < -0.39 is 0 Å². The van der Waals surface area contributed by atoms with Gasteiger partial charge in [0, 0.05) is 24.8 Å². The van der Waals surface area contributed by atoms with E-state index in [2.05, 4.69) is 9.55 Å². The number of alkyl halides is 1. The summed E-state index contributed by atoms with van der Waals surface area (Å²) in [6.45, 7) is 4.34. The first-order valence-corrected chi connectivity index (χ1v) is 6.96. The number of ether oxygens (including phenoxy) is 1. The van der Waals surface area contributed by atoms with Crippen molar-refractivity contribution in [1.29, 1.82) is 0 Å². The van der Waals surface area contributed by atoms with E-state index in [1.165, 1.54) is 0 Å². The van der Waals surface area contributed by atoms with Gasteiger partial charge in [-0.15, -0.1) is 11.6 Å². The molecule has 1 aromatic carbocycles. The van der Waals surface area contributed by atoms with Crippen LogP contribution in [0.4, 0.5) is 0 Å². The van der Waals surface area contributed by atoms with E-state index in [0.717, 1.165) is 48.1 Å². The maximum Gasteiger partial charge on any atom is 0.124 e. The molecular weight excluding hydrogens is 271 g/mol. The molecule has 1 aromatic heterocycles. The van der Waals surface area contributed by atoms with Crippen LogP contribution in [0.25, 0.3) is 11.0 Å². The highest BCUT2D eigenvalue weighted by Crippen LogP contribution is 2.22. The maximum absolute atomic E-state index is 6.03. The van der Waals surface area contributed by atoms with Crippen LogP contribution < -0.4 is 0 Å². The second kappa shape index (κ2) is 6.41. The number of benzene rings is 1. The Hall–Kier alpha value is -0.770. The van der Waals surface area contributed by atoms with Gasteiger partial charge in [-0.05, 0) is 31.5 Å². The average molecular weight is 287 g/mol. The Bertz CT molecular complexity index is 525. The molecule has 0 unspecified atom stereocenters. The third-order valence-electron chi connectivity index (χ3n) is 2.78. The average Bonchev–Trinajstić information content (AvgIpc) is 2.72. The van der Waals surface area contributed by atoms with Gasteiger partial charge in [0.15, 0.2) is 0 Å². The molecule has 3 nitrogen and oxygen atoms in total. The number of rotatable bonds is 6. The molecule has 0 saturated heterocycles. The highest BCUT2D eigenvalue weighted by Gasteiger charge is 2.09. The van der Waals surface area contributed by atoms with Gasteiger partial charge in [0.2, 0.25) is 0 Å². The Morgan fingerprint density at radius 1 is 1.39 bits per heavy atom. The van der Waals surface area contributed by atoms with Crippen LogP contribution in [-0.4, -0.2) is 22.8 Å². The van der Waals surface area contributed by atoms with Crippen molar-refractivity contribution < 1.29 is 4.74 Å². The monoisotopic (exact) mass is 286 g/mol. The Morgan fingerprint density at radius 2 is 2.22 bits per heavy atom. The number of nitrogens with zero attached hydrogens (tertiary/aromatic N) is 2. The predicted octanol–water partition coefficient (Wildman–Crippen LogP) is 3.86. The number of hydrogen-bond donors (Lipinski definition) is 0. The zero-order valence-corrected chi connectivity index (χ0v) is 11.8. The molecule has 0 saturated carbocycles. The minimum absolute atomic E-state index is 0.404. The molecular formula is C13H16Cl2N2O. The zero-order chi connectivity index (χ0) is 13.0. The number of hydrogen-bond acceptors (Lipinski definition) is 2. The van der Waals surface area contributed by atoms with Gasteiger partial charge in [0.25, 0.3) is 0 Å². The number of aryl methyl sites for hydroxylation is 1.